The molecule has 4 aromatic rings. The average molecular weight is 401 g/mol. The van der Waals surface area contributed by atoms with Crippen molar-refractivity contribution in [3.8, 4) is 6.07 Å². The fourth-order valence-electron chi connectivity index (χ4n) is 4.05. The van der Waals surface area contributed by atoms with Gasteiger partial charge in [0.1, 0.15) is 12.4 Å². The van der Waals surface area contributed by atoms with Crippen LogP contribution in [0.1, 0.15) is 34.3 Å². The first-order chi connectivity index (χ1) is 14.1. The highest BCUT2D eigenvalue weighted by atomic mass is 35.5. The Labute approximate surface area is 172 Å². The zero-order valence-electron chi connectivity index (χ0n) is 15.7. The Kier molecular flexibility index (Phi) is 4.18. The molecule has 1 aliphatic heterocycles. The minimum atomic E-state index is -0.0977. The van der Waals surface area contributed by atoms with E-state index in [2.05, 4.69) is 56.0 Å². The van der Waals surface area contributed by atoms with Gasteiger partial charge in [-0.1, -0.05) is 41.4 Å². The molecule has 0 spiro atoms. The van der Waals surface area contributed by atoms with Crippen LogP contribution in [0, 0.1) is 18.3 Å². The van der Waals surface area contributed by atoms with Crippen molar-refractivity contribution in [2.24, 2.45) is 0 Å². The summed E-state index contributed by atoms with van der Waals surface area (Å²) in [6.07, 6.45) is 2.22. The molecule has 0 saturated heterocycles. The normalized spacial score (nSPS) is 15.9. The van der Waals surface area contributed by atoms with E-state index in [-0.39, 0.29) is 11.9 Å². The second-order valence-electron chi connectivity index (χ2n) is 7.18. The maximum Gasteiger partial charge on any atom is 0.236 e. The van der Waals surface area contributed by atoms with E-state index in [0.717, 1.165) is 40.1 Å². The van der Waals surface area contributed by atoms with Gasteiger partial charge in [0.05, 0.1) is 6.04 Å². The average Bonchev–Trinajstić information content (AvgIpc) is 3.11. The van der Waals surface area contributed by atoms with E-state index >= 15 is 0 Å². The van der Waals surface area contributed by atoms with Gasteiger partial charge in [0.15, 0.2) is 0 Å². The molecule has 142 valence electrons. The van der Waals surface area contributed by atoms with Gasteiger partial charge in [0.2, 0.25) is 11.8 Å². The van der Waals surface area contributed by atoms with Crippen LogP contribution >= 0.6 is 11.6 Å². The molecule has 0 fully saturated rings. The number of nitrogens with zero attached hydrogens (tertiary/aromatic N) is 5. The molecule has 3 heterocycles. The monoisotopic (exact) mass is 400 g/mol. The minimum absolute atomic E-state index is 0.0977. The maximum atomic E-state index is 9.21. The number of hydrogen-bond donors (Lipinski definition) is 1. The maximum absolute atomic E-state index is 9.21. The zero-order valence-corrected chi connectivity index (χ0v) is 16.5. The second-order valence-corrected chi connectivity index (χ2v) is 7.62. The van der Waals surface area contributed by atoms with Gasteiger partial charge in [-0.3, -0.25) is 0 Å². The molecule has 1 atom stereocenters. The van der Waals surface area contributed by atoms with Gasteiger partial charge in [0.25, 0.3) is 0 Å². The molecule has 2 aromatic carbocycles. The van der Waals surface area contributed by atoms with E-state index in [1.54, 1.807) is 0 Å². The summed E-state index contributed by atoms with van der Waals surface area (Å²) in [7, 11) is 0. The molecule has 0 amide bonds. The van der Waals surface area contributed by atoms with E-state index < -0.39 is 0 Å². The van der Waals surface area contributed by atoms with Gasteiger partial charge >= 0.3 is 0 Å². The summed E-state index contributed by atoms with van der Waals surface area (Å²) in [4.78, 5) is 18.4. The van der Waals surface area contributed by atoms with Crippen LogP contribution in [0.25, 0.3) is 10.9 Å². The third-order valence-electron chi connectivity index (χ3n) is 5.40. The van der Waals surface area contributed by atoms with Crippen LogP contribution < -0.4 is 4.90 Å². The fourth-order valence-corrected chi connectivity index (χ4v) is 4.22. The molecule has 0 aliphatic carbocycles. The van der Waals surface area contributed by atoms with E-state index in [1.807, 2.05) is 24.3 Å². The minimum Gasteiger partial charge on any atom is -0.356 e. The number of nitriles is 1. The van der Waals surface area contributed by atoms with Crippen molar-refractivity contribution >= 4 is 28.5 Å². The Morgan fingerprint density at radius 3 is 2.79 bits per heavy atom. The van der Waals surface area contributed by atoms with Crippen LogP contribution in [0.3, 0.4) is 0 Å². The number of rotatable bonds is 2. The Balaban J connectivity index is 1.71. The summed E-state index contributed by atoms with van der Waals surface area (Å²) in [5, 5.41) is 11.1. The van der Waals surface area contributed by atoms with Crippen molar-refractivity contribution in [2.45, 2.75) is 19.4 Å². The number of aromatic amines is 1. The lowest BCUT2D eigenvalue weighted by molar-refractivity contribution is 0.623. The lowest BCUT2D eigenvalue weighted by atomic mass is 9.92. The number of fused-ring (bicyclic) bond motifs is 3. The Bertz CT molecular complexity index is 1250. The molecule has 0 radical (unpaired) electrons. The topological polar surface area (TPSA) is 81.5 Å². The summed E-state index contributed by atoms with van der Waals surface area (Å²) in [6.45, 7) is 2.80. The van der Waals surface area contributed by atoms with Crippen molar-refractivity contribution in [2.75, 3.05) is 11.4 Å². The van der Waals surface area contributed by atoms with Crippen molar-refractivity contribution in [3.63, 3.8) is 0 Å². The fraction of sp³-hybridized carbons (Fsp3) is 0.182. The standard InChI is InChI=1S/C22H17ClN6/c1-13-2-4-14(5-3-13)21-20-16(17-10-15(23)6-7-18(17)27-20)8-9-29(21)22-26-12-25-19(11-24)28-22/h2-7,10,12,21,27H,8-9H2,1H3/t21-/m0/s1. The van der Waals surface area contributed by atoms with E-state index in [9.17, 15) is 5.26 Å². The Morgan fingerprint density at radius 1 is 1.17 bits per heavy atom. The van der Waals surface area contributed by atoms with Crippen LogP contribution in [-0.2, 0) is 6.42 Å². The molecule has 29 heavy (non-hydrogen) atoms. The van der Waals surface area contributed by atoms with E-state index in [4.69, 9.17) is 11.6 Å². The molecular formula is C22H17ClN6. The van der Waals surface area contributed by atoms with Gasteiger partial charge in [-0.05, 0) is 42.7 Å². The molecule has 0 unspecified atom stereocenters. The van der Waals surface area contributed by atoms with Crippen molar-refractivity contribution in [1.82, 2.24) is 19.9 Å². The first kappa shape index (κ1) is 17.7. The third-order valence-corrected chi connectivity index (χ3v) is 5.63. The SMILES string of the molecule is Cc1ccc([C@H]2c3[nH]c4ccc(Cl)cc4c3CCN2c2ncnc(C#N)n2)cc1. The van der Waals surface area contributed by atoms with Crippen molar-refractivity contribution in [3.05, 3.63) is 82.0 Å². The number of halogens is 1. The molecule has 1 N–H and O–H groups in total. The lowest BCUT2D eigenvalue weighted by Crippen LogP contribution is -2.37. The van der Waals surface area contributed by atoms with Crippen molar-refractivity contribution in [1.29, 1.82) is 5.26 Å². The molecule has 0 saturated carbocycles. The van der Waals surface area contributed by atoms with Gasteiger partial charge in [-0.2, -0.15) is 10.2 Å². The summed E-state index contributed by atoms with van der Waals surface area (Å²) in [5.74, 6) is 0.622. The summed E-state index contributed by atoms with van der Waals surface area (Å²) >= 11 is 6.26. The first-order valence-electron chi connectivity index (χ1n) is 9.36. The molecule has 0 bridgehead atoms. The highest BCUT2D eigenvalue weighted by Crippen LogP contribution is 2.40. The number of H-pyrrole nitrogens is 1. The van der Waals surface area contributed by atoms with Gasteiger partial charge in [-0.15, -0.1) is 0 Å². The number of aromatic nitrogens is 4. The summed E-state index contributed by atoms with van der Waals surface area (Å²) < 4.78 is 0. The number of hydrogen-bond acceptors (Lipinski definition) is 5. The first-order valence-corrected chi connectivity index (χ1v) is 9.74. The molecule has 2 aromatic heterocycles. The number of benzene rings is 2. The van der Waals surface area contributed by atoms with Crippen LogP contribution in [-0.4, -0.2) is 26.5 Å². The number of aryl methyl sites for hydroxylation is 1. The largest absolute Gasteiger partial charge is 0.356 e. The third kappa shape index (κ3) is 3.00. The molecule has 1 aliphatic rings. The molecular weight excluding hydrogens is 384 g/mol. The molecule has 5 rings (SSSR count). The number of anilines is 1. The lowest BCUT2D eigenvalue weighted by Gasteiger charge is -2.36. The molecule has 7 heteroatoms. The zero-order chi connectivity index (χ0) is 20.0. The van der Waals surface area contributed by atoms with Crippen LogP contribution in [0.5, 0.6) is 0 Å². The predicted octanol–water partition coefficient (Wildman–Crippen LogP) is 4.34. The summed E-state index contributed by atoms with van der Waals surface area (Å²) in [5.41, 5.74) is 5.77. The second kappa shape index (κ2) is 6.87. The number of nitrogens with one attached hydrogen (secondary N) is 1. The van der Waals surface area contributed by atoms with E-state index in [1.165, 1.54) is 17.5 Å². The smallest absolute Gasteiger partial charge is 0.236 e. The molecule has 6 nitrogen and oxygen atoms in total. The van der Waals surface area contributed by atoms with Gasteiger partial charge in [0, 0.05) is 28.2 Å². The van der Waals surface area contributed by atoms with Crippen LogP contribution in [0.2, 0.25) is 5.02 Å². The quantitative estimate of drug-likeness (QED) is 0.541. The Hall–Kier alpha value is -3.43. The predicted molar refractivity (Wildman–Crippen MR) is 112 cm³/mol. The van der Waals surface area contributed by atoms with Crippen LogP contribution in [0.4, 0.5) is 5.95 Å². The van der Waals surface area contributed by atoms with Gasteiger partial charge < -0.3 is 9.88 Å². The Morgan fingerprint density at radius 2 is 2.00 bits per heavy atom. The van der Waals surface area contributed by atoms with Crippen molar-refractivity contribution < 1.29 is 0 Å². The van der Waals surface area contributed by atoms with E-state index in [0.29, 0.717) is 5.95 Å². The van der Waals surface area contributed by atoms with Crippen LogP contribution in [0.15, 0.2) is 48.8 Å². The summed E-state index contributed by atoms with van der Waals surface area (Å²) in [6, 6.07) is 16.3. The van der Waals surface area contributed by atoms with Gasteiger partial charge in [-0.25, -0.2) is 9.97 Å². The highest BCUT2D eigenvalue weighted by molar-refractivity contribution is 6.31. The highest BCUT2D eigenvalue weighted by Gasteiger charge is 2.33.